The van der Waals surface area contributed by atoms with Gasteiger partial charge in [0.25, 0.3) is 0 Å². The third-order valence-electron chi connectivity index (χ3n) is 6.43. The highest BCUT2D eigenvalue weighted by atomic mass is 32.2. The van der Waals surface area contributed by atoms with E-state index >= 15 is 0 Å². The van der Waals surface area contributed by atoms with E-state index in [1.54, 1.807) is 13.8 Å². The number of hydrogen-bond acceptors (Lipinski definition) is 6. The highest BCUT2D eigenvalue weighted by Crippen LogP contribution is 2.40. The second-order valence-electron chi connectivity index (χ2n) is 9.85. The molecule has 1 aliphatic rings. The minimum Gasteiger partial charge on any atom is -0.507 e. The van der Waals surface area contributed by atoms with E-state index in [1.807, 2.05) is 0 Å². The summed E-state index contributed by atoms with van der Waals surface area (Å²) in [5, 5.41) is 17.7. The van der Waals surface area contributed by atoms with E-state index in [0.29, 0.717) is 11.1 Å². The van der Waals surface area contributed by atoms with Gasteiger partial charge in [-0.25, -0.2) is 12.7 Å². The van der Waals surface area contributed by atoms with Crippen molar-refractivity contribution >= 4 is 33.5 Å². The Bertz CT molecular complexity index is 1390. The number of ether oxygens (including phenoxy) is 1. The van der Waals surface area contributed by atoms with Crippen LogP contribution < -0.4 is 15.4 Å². The average molecular weight is 583 g/mol. The normalized spacial score (nSPS) is 15.5. The van der Waals surface area contributed by atoms with Crippen LogP contribution in [0.3, 0.4) is 0 Å². The number of amidine groups is 1. The number of phenols is 1. The summed E-state index contributed by atoms with van der Waals surface area (Å²) in [5.41, 5.74) is 5.16. The fraction of sp³-hybridized carbons (Fsp3) is 0.407. The summed E-state index contributed by atoms with van der Waals surface area (Å²) in [6.45, 7) is 3.47. The monoisotopic (exact) mass is 582 g/mol. The van der Waals surface area contributed by atoms with Gasteiger partial charge < -0.3 is 20.5 Å². The number of phenolic OH excluding ortho intramolecular Hbond substituents is 1. The lowest BCUT2D eigenvalue weighted by atomic mass is 10.1. The first kappa shape index (κ1) is 31.0. The van der Waals surface area contributed by atoms with Crippen molar-refractivity contribution in [3.8, 4) is 11.5 Å². The summed E-state index contributed by atoms with van der Waals surface area (Å²) >= 11 is 0. The summed E-state index contributed by atoms with van der Waals surface area (Å²) in [5.74, 6) is -1.62. The van der Waals surface area contributed by atoms with Gasteiger partial charge >= 0.3 is 6.18 Å². The number of halogens is 3. The Morgan fingerprint density at radius 1 is 1.23 bits per heavy atom. The largest absolute Gasteiger partial charge is 0.507 e. The Balaban J connectivity index is 1.88. The average Bonchev–Trinajstić information content (AvgIpc) is 2.86. The van der Waals surface area contributed by atoms with Gasteiger partial charge in [0.1, 0.15) is 23.4 Å². The van der Waals surface area contributed by atoms with Gasteiger partial charge in [-0.3, -0.25) is 10.2 Å². The number of nitrogen functional groups attached to an aromatic ring is 1. The summed E-state index contributed by atoms with van der Waals surface area (Å²) < 4.78 is 72.7. The number of carbonyl (C=O) groups is 1. The lowest BCUT2D eigenvalue weighted by Gasteiger charge is -2.31. The van der Waals surface area contributed by atoms with E-state index in [9.17, 15) is 31.5 Å². The van der Waals surface area contributed by atoms with E-state index in [0.717, 1.165) is 12.3 Å². The van der Waals surface area contributed by atoms with Crippen LogP contribution in [0.2, 0.25) is 0 Å². The Morgan fingerprint density at radius 2 is 1.88 bits per heavy atom. The molecule has 1 heterocycles. The van der Waals surface area contributed by atoms with Gasteiger partial charge in [-0.2, -0.15) is 13.2 Å². The van der Waals surface area contributed by atoms with E-state index in [4.69, 9.17) is 15.9 Å². The molecule has 0 aromatic heterocycles. The van der Waals surface area contributed by atoms with Gasteiger partial charge in [0.2, 0.25) is 15.9 Å². The third-order valence-corrected chi connectivity index (χ3v) is 7.73. The van der Waals surface area contributed by atoms with Crippen molar-refractivity contribution in [1.29, 1.82) is 5.41 Å². The molecule has 1 saturated heterocycles. The number of aromatic hydroxyl groups is 1. The molecule has 0 saturated carbocycles. The minimum atomic E-state index is -4.78. The molecule has 13 heteroatoms. The summed E-state index contributed by atoms with van der Waals surface area (Å²) in [6, 6.07) is 7.74. The highest BCUT2D eigenvalue weighted by Gasteiger charge is 2.37. The molecule has 40 heavy (non-hydrogen) atoms. The second kappa shape index (κ2) is 12.3. The second-order valence-corrected chi connectivity index (χ2v) is 11.8. The minimum absolute atomic E-state index is 0.0108. The molecule has 2 aromatic carbocycles. The van der Waals surface area contributed by atoms with Crippen molar-refractivity contribution in [3.63, 3.8) is 0 Å². The number of amides is 1. The molecule has 4 N–H and O–H groups in total. The van der Waals surface area contributed by atoms with Crippen LogP contribution in [-0.2, 0) is 21.0 Å². The van der Waals surface area contributed by atoms with Crippen molar-refractivity contribution in [2.45, 2.75) is 39.0 Å². The van der Waals surface area contributed by atoms with Gasteiger partial charge in [0.15, 0.2) is 0 Å². The molecule has 0 aliphatic carbocycles. The van der Waals surface area contributed by atoms with Crippen LogP contribution in [0.5, 0.6) is 11.5 Å². The fourth-order valence-electron chi connectivity index (χ4n) is 4.25. The molecule has 218 valence electrons. The van der Waals surface area contributed by atoms with Crippen LogP contribution in [0.4, 0.5) is 18.9 Å². The predicted molar refractivity (Wildman–Crippen MR) is 147 cm³/mol. The molecule has 2 aromatic rings. The molecule has 1 amide bonds. The van der Waals surface area contributed by atoms with Gasteiger partial charge in [0.05, 0.1) is 11.8 Å². The van der Waals surface area contributed by atoms with Crippen molar-refractivity contribution in [2.75, 3.05) is 30.8 Å². The molecule has 1 aliphatic heterocycles. The molecule has 0 atom stereocenters. The number of nitrogens with two attached hydrogens (primary N) is 1. The zero-order valence-electron chi connectivity index (χ0n) is 22.4. The van der Waals surface area contributed by atoms with Crippen molar-refractivity contribution in [1.82, 2.24) is 4.31 Å². The SMILES string of the molecule is CC(C)C(=O)N(CC=Cc1cc(C(=N)N)ccc1O)c1ccc(OC2CCN(S(C)(=O)=O)CC2)c(C(F)(F)F)c1. The van der Waals surface area contributed by atoms with Crippen LogP contribution in [0.25, 0.3) is 6.08 Å². The number of piperidine rings is 1. The van der Waals surface area contributed by atoms with Gasteiger partial charge in [-0.05, 0) is 49.2 Å². The van der Waals surface area contributed by atoms with E-state index < -0.39 is 45.4 Å². The maximum atomic E-state index is 14.1. The summed E-state index contributed by atoms with van der Waals surface area (Å²) in [7, 11) is -3.39. The number of benzene rings is 2. The molecule has 9 nitrogen and oxygen atoms in total. The molecule has 1 fully saturated rings. The van der Waals surface area contributed by atoms with E-state index in [1.165, 1.54) is 51.7 Å². The van der Waals surface area contributed by atoms with Gasteiger partial charge in [-0.15, -0.1) is 0 Å². The smallest absolute Gasteiger partial charge is 0.420 e. The van der Waals surface area contributed by atoms with E-state index in [2.05, 4.69) is 0 Å². The number of nitrogens with one attached hydrogen (secondary N) is 1. The van der Waals surface area contributed by atoms with Gasteiger partial charge in [-0.1, -0.05) is 26.0 Å². The van der Waals surface area contributed by atoms with Crippen molar-refractivity contribution < 1.29 is 36.2 Å². The number of nitrogens with zero attached hydrogens (tertiary/aromatic N) is 2. The maximum absolute atomic E-state index is 14.1. The van der Waals surface area contributed by atoms with Crippen LogP contribution in [0.1, 0.15) is 43.4 Å². The Morgan fingerprint density at radius 3 is 2.42 bits per heavy atom. The van der Waals surface area contributed by atoms with Crippen molar-refractivity contribution in [3.05, 3.63) is 59.2 Å². The fourth-order valence-corrected chi connectivity index (χ4v) is 5.12. The van der Waals surface area contributed by atoms with Crippen LogP contribution in [0.15, 0.2) is 42.5 Å². The Kier molecular flexibility index (Phi) is 9.52. The van der Waals surface area contributed by atoms with Crippen LogP contribution in [0, 0.1) is 11.3 Å². The quantitative estimate of drug-likeness (QED) is 0.299. The topological polar surface area (TPSA) is 137 Å². The highest BCUT2D eigenvalue weighted by molar-refractivity contribution is 7.88. The van der Waals surface area contributed by atoms with E-state index in [-0.39, 0.29) is 49.7 Å². The first-order valence-electron chi connectivity index (χ1n) is 12.6. The summed E-state index contributed by atoms with van der Waals surface area (Å²) in [4.78, 5) is 14.2. The molecule has 3 rings (SSSR count). The number of anilines is 1. The molecule has 0 unspecified atom stereocenters. The number of sulfonamides is 1. The predicted octanol–water partition coefficient (Wildman–Crippen LogP) is 4.20. The zero-order chi connectivity index (χ0) is 29.8. The van der Waals surface area contributed by atoms with Gasteiger partial charge in [0, 0.05) is 42.4 Å². The Labute approximate surface area is 231 Å². The zero-order valence-corrected chi connectivity index (χ0v) is 23.2. The number of hydrogen-bond donors (Lipinski definition) is 3. The molecule has 0 bridgehead atoms. The molecular formula is C27H33F3N4O5S. The summed E-state index contributed by atoms with van der Waals surface area (Å²) in [6.07, 6.45) is -0.793. The maximum Gasteiger partial charge on any atom is 0.420 e. The number of rotatable bonds is 9. The first-order valence-corrected chi connectivity index (χ1v) is 14.4. The Hall–Kier alpha value is -3.58. The molecular weight excluding hydrogens is 549 g/mol. The lowest BCUT2D eigenvalue weighted by molar-refractivity contribution is -0.139. The number of carbonyl (C=O) groups excluding carboxylic acids is 1. The number of alkyl halides is 3. The molecule has 0 spiro atoms. The van der Waals surface area contributed by atoms with Crippen LogP contribution in [-0.4, -0.2) is 61.6 Å². The first-order chi connectivity index (χ1) is 18.6. The lowest BCUT2D eigenvalue weighted by Crippen LogP contribution is -2.41. The van der Waals surface area contributed by atoms with Crippen molar-refractivity contribution in [2.24, 2.45) is 11.7 Å². The standard InChI is InChI=1S/C27H33F3N4O5S/c1-17(2)26(36)34(12-4-5-18-15-19(25(31)32)6-8-23(18)35)20-7-9-24(22(16-20)27(28,29)30)39-21-10-13-33(14-11-21)40(3,37)38/h4-9,15-17,21,35H,10-14H2,1-3H3,(H3,31,32). The van der Waals surface area contributed by atoms with Crippen LogP contribution >= 0.6 is 0 Å². The third kappa shape index (κ3) is 7.75. The molecule has 0 radical (unpaired) electrons.